The summed E-state index contributed by atoms with van der Waals surface area (Å²) in [5.41, 5.74) is 0.370. The molecule has 0 aliphatic carbocycles. The second-order valence-electron chi connectivity index (χ2n) is 2.99. The first kappa shape index (κ1) is 5.06. The minimum absolute atomic E-state index is 0.370. The van der Waals surface area contributed by atoms with Gasteiger partial charge < -0.3 is 5.21 Å². The molecule has 42 valence electrons. The van der Waals surface area contributed by atoms with Crippen molar-refractivity contribution in [3.8, 4) is 0 Å². The lowest BCUT2D eigenvalue weighted by atomic mass is 9.87. The summed E-state index contributed by atoms with van der Waals surface area (Å²) >= 11 is 0. The lowest BCUT2D eigenvalue weighted by molar-refractivity contribution is -0.196. The van der Waals surface area contributed by atoms with Gasteiger partial charge in [-0.25, -0.2) is 0 Å². The first-order valence-electron chi connectivity index (χ1n) is 2.54. The molecule has 0 aromatic heterocycles. The molecule has 2 heteroatoms. The highest BCUT2D eigenvalue weighted by molar-refractivity contribution is 4.81. The zero-order valence-electron chi connectivity index (χ0n) is 4.81. The molecule has 2 nitrogen and oxygen atoms in total. The average Bonchev–Trinajstić information content (AvgIpc) is 1.27. The molecule has 0 aromatic carbocycles. The van der Waals surface area contributed by atoms with E-state index in [1.807, 2.05) is 0 Å². The second-order valence-corrected chi connectivity index (χ2v) is 2.99. The van der Waals surface area contributed by atoms with E-state index < -0.39 is 0 Å². The SMILES string of the molecule is CC1(C)CN(O)C1. The lowest BCUT2D eigenvalue weighted by Crippen LogP contribution is -2.50. The molecule has 1 N–H and O–H groups in total. The summed E-state index contributed by atoms with van der Waals surface area (Å²) < 4.78 is 0. The van der Waals surface area contributed by atoms with E-state index in [-0.39, 0.29) is 0 Å². The van der Waals surface area contributed by atoms with E-state index in [1.54, 1.807) is 0 Å². The molecule has 0 unspecified atom stereocenters. The van der Waals surface area contributed by atoms with Crippen molar-refractivity contribution >= 4 is 0 Å². The third-order valence-electron chi connectivity index (χ3n) is 1.22. The summed E-state index contributed by atoms with van der Waals surface area (Å²) in [5, 5.41) is 9.95. The zero-order valence-corrected chi connectivity index (χ0v) is 4.81. The average molecular weight is 101 g/mol. The molecular formula is C5H11NO. The quantitative estimate of drug-likeness (QED) is 0.486. The fraction of sp³-hybridized carbons (Fsp3) is 1.00. The van der Waals surface area contributed by atoms with E-state index in [0.717, 1.165) is 13.1 Å². The predicted octanol–water partition coefficient (Wildman–Crippen LogP) is 0.717. The third-order valence-corrected chi connectivity index (χ3v) is 1.22. The number of rotatable bonds is 0. The Morgan fingerprint density at radius 2 is 1.86 bits per heavy atom. The van der Waals surface area contributed by atoms with E-state index in [1.165, 1.54) is 5.06 Å². The molecule has 1 rings (SSSR count). The Balaban J connectivity index is 2.29. The van der Waals surface area contributed by atoms with Gasteiger partial charge >= 0.3 is 0 Å². The van der Waals surface area contributed by atoms with Crippen molar-refractivity contribution in [1.82, 2.24) is 5.06 Å². The molecule has 0 saturated carbocycles. The van der Waals surface area contributed by atoms with Gasteiger partial charge in [-0.3, -0.25) is 0 Å². The monoisotopic (exact) mass is 101 g/mol. The fourth-order valence-corrected chi connectivity index (χ4v) is 0.942. The van der Waals surface area contributed by atoms with Crippen LogP contribution in [0.2, 0.25) is 0 Å². The van der Waals surface area contributed by atoms with Crippen molar-refractivity contribution in [2.75, 3.05) is 13.1 Å². The van der Waals surface area contributed by atoms with Crippen LogP contribution in [-0.4, -0.2) is 23.4 Å². The van der Waals surface area contributed by atoms with E-state index in [4.69, 9.17) is 5.21 Å². The second kappa shape index (κ2) is 1.20. The highest BCUT2D eigenvalue weighted by Gasteiger charge is 2.32. The number of hydrogen-bond donors (Lipinski definition) is 1. The van der Waals surface area contributed by atoms with Crippen LogP contribution in [0, 0.1) is 5.41 Å². The highest BCUT2D eigenvalue weighted by Crippen LogP contribution is 2.25. The standard InChI is InChI=1S/C5H11NO/c1-5(2)3-6(7)4-5/h7H,3-4H2,1-2H3. The minimum atomic E-state index is 0.370. The molecule has 1 fully saturated rings. The van der Waals surface area contributed by atoms with Crippen LogP contribution >= 0.6 is 0 Å². The summed E-state index contributed by atoms with van der Waals surface area (Å²) in [7, 11) is 0. The van der Waals surface area contributed by atoms with E-state index in [0.29, 0.717) is 5.41 Å². The Labute approximate surface area is 43.7 Å². The van der Waals surface area contributed by atoms with Crippen LogP contribution < -0.4 is 0 Å². The Morgan fingerprint density at radius 3 is 1.86 bits per heavy atom. The van der Waals surface area contributed by atoms with Gasteiger partial charge in [-0.1, -0.05) is 13.8 Å². The first-order valence-corrected chi connectivity index (χ1v) is 2.54. The molecule has 0 radical (unpaired) electrons. The van der Waals surface area contributed by atoms with Gasteiger partial charge in [0, 0.05) is 13.1 Å². The van der Waals surface area contributed by atoms with Crippen LogP contribution in [-0.2, 0) is 0 Å². The van der Waals surface area contributed by atoms with Crippen LogP contribution in [0.3, 0.4) is 0 Å². The normalized spacial score (nSPS) is 29.6. The Bertz CT molecular complexity index is 72.1. The number of nitrogens with zero attached hydrogens (tertiary/aromatic N) is 1. The van der Waals surface area contributed by atoms with Crippen LogP contribution in [0.25, 0.3) is 0 Å². The Morgan fingerprint density at radius 1 is 1.43 bits per heavy atom. The fourth-order valence-electron chi connectivity index (χ4n) is 0.942. The highest BCUT2D eigenvalue weighted by atomic mass is 16.5. The first-order chi connectivity index (χ1) is 3.10. The smallest absolute Gasteiger partial charge is 0.0302 e. The van der Waals surface area contributed by atoms with Gasteiger partial charge in [0.1, 0.15) is 0 Å². The number of hydrogen-bond acceptors (Lipinski definition) is 2. The maximum atomic E-state index is 8.62. The lowest BCUT2D eigenvalue weighted by Gasteiger charge is -2.41. The maximum absolute atomic E-state index is 8.62. The van der Waals surface area contributed by atoms with Gasteiger partial charge in [-0.15, -0.1) is 0 Å². The van der Waals surface area contributed by atoms with Crippen LogP contribution in [0.5, 0.6) is 0 Å². The molecule has 1 aliphatic rings. The van der Waals surface area contributed by atoms with Gasteiger partial charge in [-0.2, -0.15) is 5.06 Å². The molecule has 0 amide bonds. The van der Waals surface area contributed by atoms with Gasteiger partial charge in [0.2, 0.25) is 0 Å². The van der Waals surface area contributed by atoms with E-state index in [9.17, 15) is 0 Å². The maximum Gasteiger partial charge on any atom is 0.0302 e. The van der Waals surface area contributed by atoms with Crippen LogP contribution in [0.4, 0.5) is 0 Å². The number of hydroxylamine groups is 2. The summed E-state index contributed by atoms with van der Waals surface area (Å²) in [6.07, 6.45) is 0. The molecule has 0 atom stereocenters. The molecule has 1 aliphatic heterocycles. The van der Waals surface area contributed by atoms with Crippen molar-refractivity contribution < 1.29 is 5.21 Å². The topological polar surface area (TPSA) is 23.5 Å². The van der Waals surface area contributed by atoms with Crippen molar-refractivity contribution in [2.24, 2.45) is 5.41 Å². The zero-order chi connectivity index (χ0) is 5.49. The van der Waals surface area contributed by atoms with Crippen molar-refractivity contribution in [2.45, 2.75) is 13.8 Å². The largest absolute Gasteiger partial charge is 0.314 e. The van der Waals surface area contributed by atoms with Crippen molar-refractivity contribution in [3.63, 3.8) is 0 Å². The summed E-state index contributed by atoms with van der Waals surface area (Å²) in [6.45, 7) is 5.93. The van der Waals surface area contributed by atoms with Gasteiger partial charge in [-0.05, 0) is 5.41 Å². The minimum Gasteiger partial charge on any atom is -0.314 e. The molecule has 0 aromatic rings. The van der Waals surface area contributed by atoms with Crippen LogP contribution in [0.1, 0.15) is 13.8 Å². The molecule has 1 heterocycles. The Kier molecular flexibility index (Phi) is 0.869. The van der Waals surface area contributed by atoms with Crippen molar-refractivity contribution in [3.05, 3.63) is 0 Å². The molecular weight excluding hydrogens is 90.1 g/mol. The summed E-state index contributed by atoms with van der Waals surface area (Å²) in [5.74, 6) is 0. The Hall–Kier alpha value is -0.0800. The van der Waals surface area contributed by atoms with Gasteiger partial charge in [0.05, 0.1) is 0 Å². The molecule has 7 heavy (non-hydrogen) atoms. The van der Waals surface area contributed by atoms with Gasteiger partial charge in [0.25, 0.3) is 0 Å². The molecule has 0 bridgehead atoms. The predicted molar refractivity (Wildman–Crippen MR) is 27.1 cm³/mol. The van der Waals surface area contributed by atoms with Gasteiger partial charge in [0.15, 0.2) is 0 Å². The van der Waals surface area contributed by atoms with E-state index >= 15 is 0 Å². The van der Waals surface area contributed by atoms with Crippen LogP contribution in [0.15, 0.2) is 0 Å². The summed E-state index contributed by atoms with van der Waals surface area (Å²) in [6, 6.07) is 0. The molecule has 0 spiro atoms. The third kappa shape index (κ3) is 0.924. The van der Waals surface area contributed by atoms with E-state index in [2.05, 4.69) is 13.8 Å². The van der Waals surface area contributed by atoms with Crippen molar-refractivity contribution in [1.29, 1.82) is 0 Å². The molecule has 1 saturated heterocycles. The summed E-state index contributed by atoms with van der Waals surface area (Å²) in [4.78, 5) is 0.